The van der Waals surface area contributed by atoms with Crippen LogP contribution in [0.15, 0.2) is 48.5 Å². The van der Waals surface area contributed by atoms with E-state index in [1.54, 1.807) is 9.58 Å². The first-order chi connectivity index (χ1) is 15.0. The van der Waals surface area contributed by atoms with Gasteiger partial charge in [0.05, 0.1) is 24.8 Å². The highest BCUT2D eigenvalue weighted by Gasteiger charge is 2.35. The molecule has 1 fully saturated rings. The average Bonchev–Trinajstić information content (AvgIpc) is 3.40. The third kappa shape index (κ3) is 4.55. The van der Waals surface area contributed by atoms with Gasteiger partial charge in [-0.15, -0.1) is 5.10 Å². The molecule has 0 radical (unpaired) electrons. The Morgan fingerprint density at radius 2 is 1.84 bits per heavy atom. The van der Waals surface area contributed by atoms with Crippen LogP contribution in [0.1, 0.15) is 24.7 Å². The molecule has 0 unspecified atom stereocenters. The number of benzene rings is 2. The van der Waals surface area contributed by atoms with Crippen LogP contribution in [0.5, 0.6) is 5.75 Å². The van der Waals surface area contributed by atoms with Crippen molar-refractivity contribution in [3.63, 3.8) is 0 Å². The zero-order valence-electron chi connectivity index (χ0n) is 17.5. The van der Waals surface area contributed by atoms with E-state index >= 15 is 0 Å². The van der Waals surface area contributed by atoms with Crippen molar-refractivity contribution < 1.29 is 14.3 Å². The third-order valence-corrected chi connectivity index (χ3v) is 5.19. The van der Waals surface area contributed by atoms with E-state index in [0.717, 1.165) is 22.7 Å². The van der Waals surface area contributed by atoms with Gasteiger partial charge in [0.1, 0.15) is 5.75 Å². The highest BCUT2D eigenvalue weighted by atomic mass is 16.5. The summed E-state index contributed by atoms with van der Waals surface area (Å²) >= 11 is 0. The van der Waals surface area contributed by atoms with Gasteiger partial charge >= 0.3 is 0 Å². The van der Waals surface area contributed by atoms with Crippen molar-refractivity contribution in [3.05, 3.63) is 59.9 Å². The summed E-state index contributed by atoms with van der Waals surface area (Å²) in [6, 6.07) is 15.1. The first kappa shape index (κ1) is 20.5. The molecule has 9 heteroatoms. The molecule has 0 spiro atoms. The zero-order valence-corrected chi connectivity index (χ0v) is 17.5. The van der Waals surface area contributed by atoms with E-state index in [2.05, 4.69) is 20.8 Å². The summed E-state index contributed by atoms with van der Waals surface area (Å²) in [5, 5.41) is 14.6. The minimum atomic E-state index is -0.428. The molecule has 1 atom stereocenters. The molecule has 2 heterocycles. The Kier molecular flexibility index (Phi) is 5.92. The van der Waals surface area contributed by atoms with Crippen LogP contribution in [0.3, 0.4) is 0 Å². The summed E-state index contributed by atoms with van der Waals surface area (Å²) in [5.74, 6) is 0.570. The summed E-state index contributed by atoms with van der Waals surface area (Å²) in [6.45, 7) is 5.01. The van der Waals surface area contributed by atoms with Crippen molar-refractivity contribution >= 4 is 17.5 Å². The van der Waals surface area contributed by atoms with Crippen LogP contribution >= 0.6 is 0 Å². The summed E-state index contributed by atoms with van der Waals surface area (Å²) < 4.78 is 7.03. The minimum Gasteiger partial charge on any atom is -0.494 e. The lowest BCUT2D eigenvalue weighted by Gasteiger charge is -2.17. The van der Waals surface area contributed by atoms with E-state index in [-0.39, 0.29) is 24.8 Å². The summed E-state index contributed by atoms with van der Waals surface area (Å²) in [7, 11) is 0. The molecule has 31 heavy (non-hydrogen) atoms. The van der Waals surface area contributed by atoms with Crippen LogP contribution in [0.2, 0.25) is 0 Å². The van der Waals surface area contributed by atoms with Gasteiger partial charge in [-0.2, -0.15) is 4.68 Å². The maximum absolute atomic E-state index is 12.7. The zero-order chi connectivity index (χ0) is 21.8. The van der Waals surface area contributed by atoms with E-state index in [1.807, 2.05) is 62.4 Å². The number of rotatable bonds is 7. The van der Waals surface area contributed by atoms with Crippen LogP contribution in [0.4, 0.5) is 5.69 Å². The molecule has 0 bridgehead atoms. The lowest BCUT2D eigenvalue weighted by Crippen LogP contribution is -2.33. The van der Waals surface area contributed by atoms with Gasteiger partial charge in [-0.05, 0) is 60.7 Å². The topological polar surface area (TPSA) is 102 Å². The molecule has 1 aliphatic heterocycles. The van der Waals surface area contributed by atoms with Gasteiger partial charge in [0, 0.05) is 18.7 Å². The number of aryl methyl sites for hydroxylation is 1. The molecule has 2 amide bonds. The van der Waals surface area contributed by atoms with Crippen LogP contribution in [-0.4, -0.2) is 45.2 Å². The quantitative estimate of drug-likeness (QED) is 0.628. The van der Waals surface area contributed by atoms with E-state index in [4.69, 9.17) is 4.74 Å². The lowest BCUT2D eigenvalue weighted by molar-refractivity contribution is -0.126. The maximum Gasteiger partial charge on any atom is 0.227 e. The number of carbonyl (C=O) groups excluding carboxylic acids is 2. The van der Waals surface area contributed by atoms with E-state index in [9.17, 15) is 9.59 Å². The molecule has 9 nitrogen and oxygen atoms in total. The number of tetrazole rings is 1. The number of anilines is 1. The summed E-state index contributed by atoms with van der Waals surface area (Å²) in [5.41, 5.74) is 2.71. The lowest BCUT2D eigenvalue weighted by atomic mass is 10.1. The van der Waals surface area contributed by atoms with Crippen LogP contribution in [0.25, 0.3) is 5.69 Å². The fourth-order valence-electron chi connectivity index (χ4n) is 3.53. The standard InChI is InChI=1S/C22H24N6O3/c1-3-31-19-10-8-17(9-11-19)27-14-16(12-21(27)29)22(30)23-13-20-24-25-26-28(20)18-6-4-15(2)5-7-18/h4-11,16H,3,12-14H2,1-2H3,(H,23,30)/t16-/m1/s1. The summed E-state index contributed by atoms with van der Waals surface area (Å²) in [6.07, 6.45) is 0.169. The van der Waals surface area contributed by atoms with E-state index in [0.29, 0.717) is 19.0 Å². The number of carbonyl (C=O) groups is 2. The molecule has 1 saturated heterocycles. The maximum atomic E-state index is 12.7. The van der Waals surface area contributed by atoms with E-state index in [1.165, 1.54) is 0 Å². The normalized spacial score (nSPS) is 15.9. The predicted octanol–water partition coefficient (Wildman–Crippen LogP) is 2.04. The van der Waals surface area contributed by atoms with Crippen molar-refractivity contribution in [2.45, 2.75) is 26.8 Å². The highest BCUT2D eigenvalue weighted by molar-refractivity contribution is 6.00. The van der Waals surface area contributed by atoms with Gasteiger partial charge in [-0.25, -0.2) is 0 Å². The Balaban J connectivity index is 1.37. The number of hydrogen-bond donors (Lipinski definition) is 1. The average molecular weight is 420 g/mol. The van der Waals surface area contributed by atoms with Crippen molar-refractivity contribution in [2.75, 3.05) is 18.1 Å². The van der Waals surface area contributed by atoms with Gasteiger partial charge in [0.2, 0.25) is 11.8 Å². The first-order valence-electron chi connectivity index (χ1n) is 10.2. The molecule has 4 rings (SSSR count). The summed E-state index contributed by atoms with van der Waals surface area (Å²) in [4.78, 5) is 26.8. The predicted molar refractivity (Wildman–Crippen MR) is 114 cm³/mol. The molecule has 160 valence electrons. The SMILES string of the molecule is CCOc1ccc(N2C[C@H](C(=O)NCc3nnnn3-c3ccc(C)cc3)CC2=O)cc1. The van der Waals surface area contributed by atoms with Crippen molar-refractivity contribution in [2.24, 2.45) is 5.92 Å². The Morgan fingerprint density at radius 3 is 2.55 bits per heavy atom. The molecule has 1 aromatic heterocycles. The van der Waals surface area contributed by atoms with Gasteiger partial charge in [-0.3, -0.25) is 9.59 Å². The Labute approximate surface area is 180 Å². The second-order valence-electron chi connectivity index (χ2n) is 7.39. The second-order valence-corrected chi connectivity index (χ2v) is 7.39. The van der Waals surface area contributed by atoms with Gasteiger partial charge in [0.15, 0.2) is 5.82 Å². The number of amides is 2. The number of nitrogens with one attached hydrogen (secondary N) is 1. The molecular formula is C22H24N6O3. The molecule has 0 aliphatic carbocycles. The van der Waals surface area contributed by atoms with Crippen LogP contribution in [-0.2, 0) is 16.1 Å². The van der Waals surface area contributed by atoms with Crippen molar-refractivity contribution in [1.82, 2.24) is 25.5 Å². The Bertz CT molecular complexity index is 1060. The van der Waals surface area contributed by atoms with Gasteiger partial charge < -0.3 is 15.0 Å². The fraction of sp³-hybridized carbons (Fsp3) is 0.318. The largest absolute Gasteiger partial charge is 0.494 e. The van der Waals surface area contributed by atoms with Gasteiger partial charge in [0.25, 0.3) is 0 Å². The fourth-order valence-corrected chi connectivity index (χ4v) is 3.53. The molecule has 3 aromatic rings. The molecule has 0 saturated carbocycles. The molecule has 2 aromatic carbocycles. The van der Waals surface area contributed by atoms with Crippen molar-refractivity contribution in [3.8, 4) is 11.4 Å². The number of hydrogen-bond acceptors (Lipinski definition) is 6. The number of ether oxygens (including phenoxy) is 1. The molecule has 1 N–H and O–H groups in total. The second kappa shape index (κ2) is 8.95. The van der Waals surface area contributed by atoms with Crippen molar-refractivity contribution in [1.29, 1.82) is 0 Å². The van der Waals surface area contributed by atoms with Crippen LogP contribution < -0.4 is 15.0 Å². The minimum absolute atomic E-state index is 0.0752. The first-order valence-corrected chi connectivity index (χ1v) is 10.2. The molecular weight excluding hydrogens is 396 g/mol. The highest BCUT2D eigenvalue weighted by Crippen LogP contribution is 2.27. The smallest absolute Gasteiger partial charge is 0.227 e. The van der Waals surface area contributed by atoms with Crippen LogP contribution in [0, 0.1) is 12.8 Å². The molecule has 1 aliphatic rings. The van der Waals surface area contributed by atoms with Gasteiger partial charge in [-0.1, -0.05) is 17.7 Å². The number of nitrogens with zero attached hydrogens (tertiary/aromatic N) is 5. The third-order valence-electron chi connectivity index (χ3n) is 5.19. The Morgan fingerprint density at radius 1 is 1.13 bits per heavy atom. The van der Waals surface area contributed by atoms with E-state index < -0.39 is 5.92 Å². The number of aromatic nitrogens is 4. The monoisotopic (exact) mass is 420 g/mol. The Hall–Kier alpha value is -3.75.